The summed E-state index contributed by atoms with van der Waals surface area (Å²) in [5.74, 6) is 0.219. The number of hydrogen-bond donors (Lipinski definition) is 2. The van der Waals surface area contributed by atoms with Gasteiger partial charge in [0.15, 0.2) is 0 Å². The molecule has 2 aromatic rings. The van der Waals surface area contributed by atoms with E-state index in [0.29, 0.717) is 5.69 Å². The van der Waals surface area contributed by atoms with E-state index in [2.05, 4.69) is 4.98 Å². The van der Waals surface area contributed by atoms with Crippen LogP contribution in [-0.2, 0) is 0 Å². The van der Waals surface area contributed by atoms with Crippen molar-refractivity contribution < 1.29 is 5.11 Å². The number of benzene rings is 1. The molecule has 0 spiro atoms. The zero-order chi connectivity index (χ0) is 9.42. The van der Waals surface area contributed by atoms with E-state index in [1.165, 1.54) is 0 Å². The van der Waals surface area contributed by atoms with E-state index >= 15 is 0 Å². The summed E-state index contributed by atoms with van der Waals surface area (Å²) in [7, 11) is 0. The topological polar surface area (TPSA) is 59.8 Å². The lowest BCUT2D eigenvalue weighted by Crippen LogP contribution is -1.74. The van der Waals surface area contributed by atoms with Crippen LogP contribution >= 0.6 is 0 Å². The predicted molar refractivity (Wildman–Crippen MR) is 49.4 cm³/mol. The molecule has 0 unspecified atom stereocenters. The van der Waals surface area contributed by atoms with Crippen LogP contribution < -0.4 is 0 Å². The summed E-state index contributed by atoms with van der Waals surface area (Å²) < 4.78 is 0. The Morgan fingerprint density at radius 2 is 2.15 bits per heavy atom. The zero-order valence-corrected chi connectivity index (χ0v) is 7.13. The third-order valence-corrected chi connectivity index (χ3v) is 2.05. The first kappa shape index (κ1) is 7.69. The van der Waals surface area contributed by atoms with E-state index < -0.39 is 0 Å². The van der Waals surface area contributed by atoms with E-state index in [1.54, 1.807) is 18.2 Å². The zero-order valence-electron chi connectivity index (χ0n) is 7.13. The van der Waals surface area contributed by atoms with Crippen molar-refractivity contribution >= 4 is 10.9 Å². The van der Waals surface area contributed by atoms with Gasteiger partial charge in [-0.1, -0.05) is 0 Å². The van der Waals surface area contributed by atoms with Gasteiger partial charge in [0.05, 0.1) is 5.52 Å². The molecule has 13 heavy (non-hydrogen) atoms. The molecule has 2 N–H and O–H groups in total. The molecule has 0 aliphatic carbocycles. The minimum absolute atomic E-state index is 0.219. The third-order valence-electron chi connectivity index (χ3n) is 2.05. The van der Waals surface area contributed by atoms with Gasteiger partial charge in [-0.3, -0.25) is 0 Å². The fourth-order valence-corrected chi connectivity index (χ4v) is 1.46. The number of rotatable bonds is 0. The fraction of sp³-hybridized carbons (Fsp3) is 0.100. The van der Waals surface area contributed by atoms with Crippen LogP contribution in [0.2, 0.25) is 0 Å². The second kappa shape index (κ2) is 2.53. The highest BCUT2D eigenvalue weighted by molar-refractivity contribution is 5.85. The summed E-state index contributed by atoms with van der Waals surface area (Å²) >= 11 is 0. The number of aromatic hydroxyl groups is 1. The highest BCUT2D eigenvalue weighted by Gasteiger charge is 2.03. The Kier molecular flexibility index (Phi) is 1.49. The van der Waals surface area contributed by atoms with Crippen LogP contribution in [0.15, 0.2) is 18.2 Å². The quantitative estimate of drug-likeness (QED) is 0.638. The van der Waals surface area contributed by atoms with Gasteiger partial charge in [-0.25, -0.2) is 0 Å². The van der Waals surface area contributed by atoms with Gasteiger partial charge in [-0.05, 0) is 24.6 Å². The Hall–Kier alpha value is -1.95. The monoisotopic (exact) mass is 172 g/mol. The average Bonchev–Trinajstić information content (AvgIpc) is 2.47. The van der Waals surface area contributed by atoms with Crippen molar-refractivity contribution in [2.24, 2.45) is 0 Å². The molecule has 0 saturated carbocycles. The highest BCUT2D eigenvalue weighted by Crippen LogP contribution is 2.24. The lowest BCUT2D eigenvalue weighted by atomic mass is 10.1. The Labute approximate surface area is 75.2 Å². The number of nitrogens with zero attached hydrogens (tertiary/aromatic N) is 1. The van der Waals surface area contributed by atoms with Crippen molar-refractivity contribution in [3.63, 3.8) is 0 Å². The first-order valence-corrected chi connectivity index (χ1v) is 3.93. The van der Waals surface area contributed by atoms with Gasteiger partial charge in [0, 0.05) is 11.5 Å². The van der Waals surface area contributed by atoms with E-state index in [1.807, 2.05) is 13.0 Å². The van der Waals surface area contributed by atoms with Crippen LogP contribution in [-0.4, -0.2) is 10.1 Å². The van der Waals surface area contributed by atoms with Crippen molar-refractivity contribution in [1.82, 2.24) is 4.98 Å². The van der Waals surface area contributed by atoms with Crippen LogP contribution in [0.3, 0.4) is 0 Å². The molecule has 0 amide bonds. The number of H-pyrrole nitrogens is 1. The molecule has 1 aromatic carbocycles. The second-order valence-corrected chi connectivity index (χ2v) is 3.02. The van der Waals surface area contributed by atoms with E-state index in [-0.39, 0.29) is 5.75 Å². The van der Waals surface area contributed by atoms with Crippen LogP contribution in [0.4, 0.5) is 0 Å². The van der Waals surface area contributed by atoms with Gasteiger partial charge < -0.3 is 10.1 Å². The summed E-state index contributed by atoms with van der Waals surface area (Å²) in [6.07, 6.45) is 0. The number of aromatic nitrogens is 1. The molecule has 1 aromatic heterocycles. The molecule has 3 nitrogen and oxygen atoms in total. The standard InChI is InChI=1S/C10H8N2O/c1-6-2-8(13)4-10-9(6)3-7(5-11)12-10/h2-4,12-13H,1H3. The number of phenolic OH excluding ortho intramolecular Hbond substituents is 1. The first-order chi connectivity index (χ1) is 6.20. The Bertz CT molecular complexity index is 505. The lowest BCUT2D eigenvalue weighted by molar-refractivity contribution is 0.475. The van der Waals surface area contributed by atoms with Gasteiger partial charge in [0.2, 0.25) is 0 Å². The molecule has 2 rings (SSSR count). The largest absolute Gasteiger partial charge is 0.508 e. The number of aromatic amines is 1. The number of hydrogen-bond acceptors (Lipinski definition) is 2. The molecule has 0 fully saturated rings. The highest BCUT2D eigenvalue weighted by atomic mass is 16.3. The number of nitrogens with one attached hydrogen (secondary N) is 1. The SMILES string of the molecule is Cc1cc(O)cc2[nH]c(C#N)cc12. The lowest BCUT2D eigenvalue weighted by Gasteiger charge is -1.96. The van der Waals surface area contributed by atoms with Crippen molar-refractivity contribution in [2.75, 3.05) is 0 Å². The summed E-state index contributed by atoms with van der Waals surface area (Å²) in [5.41, 5.74) is 2.28. The summed E-state index contributed by atoms with van der Waals surface area (Å²) in [6, 6.07) is 7.10. The van der Waals surface area contributed by atoms with Crippen molar-refractivity contribution in [3.05, 3.63) is 29.5 Å². The number of aryl methyl sites for hydroxylation is 1. The maximum Gasteiger partial charge on any atom is 0.118 e. The molecular formula is C10H8N2O. The molecule has 0 radical (unpaired) electrons. The molecule has 0 aliphatic rings. The van der Waals surface area contributed by atoms with Crippen LogP contribution in [0.5, 0.6) is 5.75 Å². The Morgan fingerprint density at radius 3 is 2.85 bits per heavy atom. The fourth-order valence-electron chi connectivity index (χ4n) is 1.46. The predicted octanol–water partition coefficient (Wildman–Crippen LogP) is 2.05. The number of fused-ring (bicyclic) bond motifs is 1. The van der Waals surface area contributed by atoms with E-state index in [9.17, 15) is 5.11 Å². The Balaban J connectivity index is 2.84. The third kappa shape index (κ3) is 1.13. The minimum atomic E-state index is 0.219. The first-order valence-electron chi connectivity index (χ1n) is 3.93. The molecular weight excluding hydrogens is 164 g/mol. The van der Waals surface area contributed by atoms with Gasteiger partial charge >= 0.3 is 0 Å². The molecule has 0 saturated heterocycles. The average molecular weight is 172 g/mol. The van der Waals surface area contributed by atoms with Gasteiger partial charge in [-0.15, -0.1) is 0 Å². The van der Waals surface area contributed by atoms with Crippen molar-refractivity contribution in [2.45, 2.75) is 6.92 Å². The van der Waals surface area contributed by atoms with Gasteiger partial charge in [0.1, 0.15) is 17.5 Å². The summed E-state index contributed by atoms with van der Waals surface area (Å²) in [6.45, 7) is 1.90. The molecule has 0 atom stereocenters. The normalized spacial score (nSPS) is 10.2. The summed E-state index contributed by atoms with van der Waals surface area (Å²) in [4.78, 5) is 2.91. The van der Waals surface area contributed by atoms with Crippen LogP contribution in [0.25, 0.3) is 10.9 Å². The maximum absolute atomic E-state index is 9.29. The second-order valence-electron chi connectivity index (χ2n) is 3.02. The molecule has 3 heteroatoms. The molecule has 64 valence electrons. The van der Waals surface area contributed by atoms with Crippen molar-refractivity contribution in [3.8, 4) is 11.8 Å². The Morgan fingerprint density at radius 1 is 1.38 bits per heavy atom. The summed E-state index contributed by atoms with van der Waals surface area (Å²) in [5, 5.41) is 18.9. The van der Waals surface area contributed by atoms with Gasteiger partial charge in [0.25, 0.3) is 0 Å². The van der Waals surface area contributed by atoms with Crippen LogP contribution in [0, 0.1) is 18.3 Å². The van der Waals surface area contributed by atoms with E-state index in [4.69, 9.17) is 5.26 Å². The number of phenols is 1. The maximum atomic E-state index is 9.29. The van der Waals surface area contributed by atoms with Crippen LogP contribution in [0.1, 0.15) is 11.3 Å². The minimum Gasteiger partial charge on any atom is -0.508 e. The van der Waals surface area contributed by atoms with Crippen molar-refractivity contribution in [1.29, 1.82) is 5.26 Å². The molecule has 0 bridgehead atoms. The van der Waals surface area contributed by atoms with E-state index in [0.717, 1.165) is 16.5 Å². The van der Waals surface area contributed by atoms with Gasteiger partial charge in [-0.2, -0.15) is 5.26 Å². The molecule has 1 heterocycles. The number of nitriles is 1. The smallest absolute Gasteiger partial charge is 0.118 e. The molecule has 0 aliphatic heterocycles.